The van der Waals surface area contributed by atoms with Gasteiger partial charge in [-0.1, -0.05) is 115 Å². The van der Waals surface area contributed by atoms with Crippen molar-refractivity contribution in [2.75, 3.05) is 14.7 Å². The molecule has 5 heteroatoms. The Morgan fingerprint density at radius 2 is 0.981 bits per heavy atom. The summed E-state index contributed by atoms with van der Waals surface area (Å²) in [6, 6.07) is 69.6. The molecule has 0 N–H and O–H groups in total. The summed E-state index contributed by atoms with van der Waals surface area (Å²) in [5.74, 6) is 1.75. The topological polar surface area (TPSA) is 19.0 Å². The Balaban J connectivity index is 1.17. The van der Waals surface area contributed by atoms with Crippen LogP contribution in [-0.4, -0.2) is 6.71 Å². The van der Waals surface area contributed by atoms with Crippen LogP contribution in [0.25, 0.3) is 11.1 Å². The average molecular weight is 678 g/mol. The van der Waals surface area contributed by atoms with Crippen LogP contribution in [0.1, 0.15) is 0 Å². The predicted octanol–water partition coefficient (Wildman–Crippen LogP) is 11.0. The molecule has 0 saturated heterocycles. The van der Waals surface area contributed by atoms with E-state index in [1.165, 1.54) is 38.9 Å². The van der Waals surface area contributed by atoms with Crippen molar-refractivity contribution in [3.05, 3.63) is 194 Å². The van der Waals surface area contributed by atoms with Gasteiger partial charge in [-0.05, 0) is 106 Å². The molecular weight excluding hydrogens is 645 g/mol. The highest BCUT2D eigenvalue weighted by atomic mass is 16.5. The second kappa shape index (κ2) is 11.8. The second-order valence-electron chi connectivity index (χ2n) is 13.7. The fraction of sp³-hybridized carbons (Fsp3) is 0. The lowest BCUT2D eigenvalue weighted by atomic mass is 9.33. The fourth-order valence-corrected chi connectivity index (χ4v) is 8.57. The van der Waals surface area contributed by atoms with Gasteiger partial charge in [0.1, 0.15) is 0 Å². The van der Waals surface area contributed by atoms with Crippen molar-refractivity contribution in [1.29, 1.82) is 0 Å². The minimum absolute atomic E-state index is 0.00653. The molecule has 248 valence electrons. The summed E-state index contributed by atoms with van der Waals surface area (Å²) < 4.78 is 6.60. The Labute approximate surface area is 309 Å². The zero-order valence-electron chi connectivity index (χ0n) is 28.8. The first-order valence-electron chi connectivity index (χ1n) is 18.1. The summed E-state index contributed by atoms with van der Waals surface area (Å²) in [6.45, 7) is 0.00653. The molecule has 0 spiro atoms. The second-order valence-corrected chi connectivity index (χ2v) is 13.7. The smallest absolute Gasteiger partial charge is 0.252 e. The van der Waals surface area contributed by atoms with Crippen molar-refractivity contribution >= 4 is 74.3 Å². The molecule has 0 aliphatic carbocycles. The van der Waals surface area contributed by atoms with E-state index in [1.54, 1.807) is 0 Å². The highest BCUT2D eigenvalue weighted by Crippen LogP contribution is 2.53. The number of hydrogen-bond donors (Lipinski definition) is 0. The lowest BCUT2D eigenvalue weighted by Crippen LogP contribution is -2.61. The lowest BCUT2D eigenvalue weighted by molar-refractivity contribution is 0.477. The van der Waals surface area contributed by atoms with Gasteiger partial charge in [0.05, 0.1) is 11.4 Å². The molecule has 8 aromatic carbocycles. The molecule has 0 amide bonds. The molecule has 4 nitrogen and oxygen atoms in total. The minimum Gasteiger partial charge on any atom is -0.453 e. The number of benzene rings is 8. The summed E-state index contributed by atoms with van der Waals surface area (Å²) in [4.78, 5) is 7.24. The van der Waals surface area contributed by atoms with E-state index >= 15 is 0 Å². The summed E-state index contributed by atoms with van der Waals surface area (Å²) in [7, 11) is 0. The van der Waals surface area contributed by atoms with Gasteiger partial charge in [-0.25, -0.2) is 0 Å². The zero-order valence-corrected chi connectivity index (χ0v) is 28.8. The molecule has 0 atom stereocenters. The maximum Gasteiger partial charge on any atom is 0.252 e. The van der Waals surface area contributed by atoms with E-state index in [-0.39, 0.29) is 6.71 Å². The number of para-hydroxylation sites is 5. The molecule has 0 unspecified atom stereocenters. The Morgan fingerprint density at radius 1 is 0.396 bits per heavy atom. The fourth-order valence-electron chi connectivity index (χ4n) is 8.57. The maximum atomic E-state index is 6.60. The van der Waals surface area contributed by atoms with Crippen molar-refractivity contribution in [1.82, 2.24) is 0 Å². The normalized spacial score (nSPS) is 12.9. The summed E-state index contributed by atoms with van der Waals surface area (Å²) >= 11 is 0. The van der Waals surface area contributed by atoms with Gasteiger partial charge in [-0.2, -0.15) is 0 Å². The van der Waals surface area contributed by atoms with Gasteiger partial charge < -0.3 is 19.4 Å². The molecule has 3 aliphatic rings. The molecule has 8 aromatic rings. The first-order chi connectivity index (χ1) is 26.3. The van der Waals surface area contributed by atoms with Gasteiger partial charge in [0, 0.05) is 39.8 Å². The van der Waals surface area contributed by atoms with E-state index in [9.17, 15) is 0 Å². The number of hydrogen-bond acceptors (Lipinski definition) is 4. The molecule has 0 fully saturated rings. The van der Waals surface area contributed by atoms with E-state index in [1.807, 2.05) is 6.07 Å². The third kappa shape index (κ3) is 4.57. The Bertz CT molecular complexity index is 2620. The van der Waals surface area contributed by atoms with Crippen molar-refractivity contribution in [2.45, 2.75) is 0 Å². The SMILES string of the molecule is c1ccc(-c2ccc(N3c4cc(N(c5ccccc5)c5ccccc5)ccc4B4c5cccc6c5N(c5ccccc5O6)c5cccc3c54)cc2)cc1. The van der Waals surface area contributed by atoms with Crippen LogP contribution in [0, 0.1) is 0 Å². The summed E-state index contributed by atoms with van der Waals surface area (Å²) in [5, 5.41) is 0. The standard InChI is InChI=1S/C48H32BN3O/c1-4-14-33(15-5-1)34-26-28-37(29-27-34)51-42-22-13-23-43-47(42)49(40-20-12-25-46-48(40)52(43)41-21-10-11-24-45(41)53-46)39-31-30-38(32-44(39)51)50(35-16-6-2-7-17-35)36-18-8-3-9-19-36/h1-32H. The van der Waals surface area contributed by atoms with Gasteiger partial charge in [0.25, 0.3) is 6.71 Å². The van der Waals surface area contributed by atoms with Crippen LogP contribution in [0.4, 0.5) is 51.2 Å². The van der Waals surface area contributed by atoms with E-state index in [4.69, 9.17) is 4.74 Å². The van der Waals surface area contributed by atoms with Crippen LogP contribution >= 0.6 is 0 Å². The first-order valence-corrected chi connectivity index (χ1v) is 18.1. The number of nitrogens with zero attached hydrogens (tertiary/aromatic N) is 3. The van der Waals surface area contributed by atoms with E-state index in [0.29, 0.717) is 0 Å². The van der Waals surface area contributed by atoms with Gasteiger partial charge in [0.2, 0.25) is 0 Å². The average Bonchev–Trinajstić information content (AvgIpc) is 3.23. The first kappa shape index (κ1) is 29.7. The molecule has 0 saturated carbocycles. The largest absolute Gasteiger partial charge is 0.453 e. The number of ether oxygens (including phenoxy) is 1. The number of rotatable bonds is 5. The van der Waals surface area contributed by atoms with Crippen LogP contribution in [0.2, 0.25) is 0 Å². The van der Waals surface area contributed by atoms with Crippen LogP contribution in [-0.2, 0) is 0 Å². The predicted molar refractivity (Wildman–Crippen MR) is 221 cm³/mol. The Kier molecular flexibility index (Phi) is 6.61. The van der Waals surface area contributed by atoms with Crippen LogP contribution < -0.4 is 35.8 Å². The van der Waals surface area contributed by atoms with Gasteiger partial charge in [0.15, 0.2) is 11.5 Å². The number of anilines is 9. The third-order valence-corrected chi connectivity index (χ3v) is 10.8. The minimum atomic E-state index is 0.00653. The summed E-state index contributed by atoms with van der Waals surface area (Å²) in [6.07, 6.45) is 0. The highest BCUT2D eigenvalue weighted by Gasteiger charge is 2.45. The monoisotopic (exact) mass is 677 g/mol. The molecule has 3 aliphatic heterocycles. The number of fused-ring (bicyclic) bond motifs is 6. The van der Waals surface area contributed by atoms with Crippen molar-refractivity contribution in [3.63, 3.8) is 0 Å². The van der Waals surface area contributed by atoms with E-state index in [0.717, 1.165) is 51.3 Å². The van der Waals surface area contributed by atoms with Gasteiger partial charge in [-0.15, -0.1) is 0 Å². The van der Waals surface area contributed by atoms with Crippen molar-refractivity contribution < 1.29 is 4.74 Å². The van der Waals surface area contributed by atoms with Gasteiger partial charge >= 0.3 is 0 Å². The van der Waals surface area contributed by atoms with Crippen LogP contribution in [0.5, 0.6) is 11.5 Å². The molecule has 53 heavy (non-hydrogen) atoms. The van der Waals surface area contributed by atoms with Gasteiger partial charge in [-0.3, -0.25) is 0 Å². The molecule has 11 rings (SSSR count). The van der Waals surface area contributed by atoms with Crippen LogP contribution in [0.15, 0.2) is 194 Å². The quantitative estimate of drug-likeness (QED) is 0.169. The molecular formula is C48H32BN3O. The molecule has 0 bridgehead atoms. The summed E-state index contributed by atoms with van der Waals surface area (Å²) in [5.41, 5.74) is 16.3. The Hall–Kier alpha value is -6.98. The van der Waals surface area contributed by atoms with E-state index in [2.05, 4.69) is 203 Å². The van der Waals surface area contributed by atoms with E-state index < -0.39 is 0 Å². The van der Waals surface area contributed by atoms with Crippen molar-refractivity contribution in [2.24, 2.45) is 0 Å². The highest BCUT2D eigenvalue weighted by molar-refractivity contribution is 7.00. The lowest BCUT2D eigenvalue weighted by Gasteiger charge is -2.46. The zero-order chi connectivity index (χ0) is 34.9. The third-order valence-electron chi connectivity index (χ3n) is 10.8. The van der Waals surface area contributed by atoms with Crippen LogP contribution in [0.3, 0.4) is 0 Å². The Morgan fingerprint density at radius 3 is 1.72 bits per heavy atom. The molecule has 0 radical (unpaired) electrons. The maximum absolute atomic E-state index is 6.60. The van der Waals surface area contributed by atoms with Crippen molar-refractivity contribution in [3.8, 4) is 22.6 Å². The molecule has 3 heterocycles. The molecule has 0 aromatic heterocycles.